The first-order chi connectivity index (χ1) is 19.0. The van der Waals surface area contributed by atoms with E-state index in [0.717, 1.165) is 56.8 Å². The molecule has 0 unspecified atom stereocenters. The van der Waals surface area contributed by atoms with Crippen molar-refractivity contribution >= 4 is 34.3 Å². The summed E-state index contributed by atoms with van der Waals surface area (Å²) in [6.07, 6.45) is 6.36. The first-order valence-electron chi connectivity index (χ1n) is 13.6. The van der Waals surface area contributed by atoms with E-state index in [0.29, 0.717) is 23.5 Å². The second kappa shape index (κ2) is 10.5. The van der Waals surface area contributed by atoms with E-state index >= 15 is 0 Å². The van der Waals surface area contributed by atoms with Crippen LogP contribution in [0.4, 0.5) is 17.3 Å². The minimum absolute atomic E-state index is 0.0775. The number of likely N-dealkylation sites (N-methyl/N-ethyl adjacent to an activating group) is 1. The fraction of sp³-hybridized carbons (Fsp3) is 0.333. The number of carbonyl (C=O) groups excluding carboxylic acids is 1. The Morgan fingerprint density at radius 1 is 0.974 bits per heavy atom. The van der Waals surface area contributed by atoms with Gasteiger partial charge in [0.15, 0.2) is 5.65 Å². The molecule has 0 bridgehead atoms. The molecular weight excluding hydrogens is 490 g/mol. The zero-order valence-electron chi connectivity index (χ0n) is 22.4. The van der Waals surface area contributed by atoms with E-state index in [9.17, 15) is 9.59 Å². The molecule has 3 heterocycles. The van der Waals surface area contributed by atoms with Gasteiger partial charge >= 0.3 is 0 Å². The van der Waals surface area contributed by atoms with E-state index in [4.69, 9.17) is 4.98 Å². The Morgan fingerprint density at radius 2 is 1.72 bits per heavy atom. The van der Waals surface area contributed by atoms with Gasteiger partial charge in [0.1, 0.15) is 5.56 Å². The van der Waals surface area contributed by atoms with Crippen LogP contribution in [0.3, 0.4) is 0 Å². The monoisotopic (exact) mass is 523 g/mol. The van der Waals surface area contributed by atoms with Crippen LogP contribution >= 0.6 is 0 Å². The van der Waals surface area contributed by atoms with Crippen molar-refractivity contribution in [2.75, 3.05) is 50.0 Å². The average Bonchev–Trinajstić information content (AvgIpc) is 3.42. The smallest absolute Gasteiger partial charge is 0.256 e. The quantitative estimate of drug-likeness (QED) is 0.399. The van der Waals surface area contributed by atoms with Crippen LogP contribution in [0.15, 0.2) is 59.7 Å². The van der Waals surface area contributed by atoms with Crippen LogP contribution in [-0.2, 0) is 12.8 Å². The van der Waals surface area contributed by atoms with E-state index in [1.807, 2.05) is 29.7 Å². The SMILES string of the molecule is CCNC(=O)c1cn(-c2ccc3c(c2)CCC3)c2nc(Nc3ccc(N4CCN(C)CC4)cc3)ncc2c1=O. The highest BCUT2D eigenvalue weighted by Crippen LogP contribution is 2.27. The third-order valence-electron chi connectivity index (χ3n) is 7.68. The first-order valence-corrected chi connectivity index (χ1v) is 13.6. The van der Waals surface area contributed by atoms with Crippen LogP contribution in [0.25, 0.3) is 16.7 Å². The van der Waals surface area contributed by atoms with Crippen molar-refractivity contribution in [3.05, 3.63) is 81.8 Å². The van der Waals surface area contributed by atoms with Crippen LogP contribution in [-0.4, -0.2) is 65.1 Å². The number of hydrogen-bond donors (Lipinski definition) is 2. The number of hydrogen-bond acceptors (Lipinski definition) is 7. The predicted octanol–water partition coefficient (Wildman–Crippen LogP) is 3.51. The van der Waals surface area contributed by atoms with Crippen LogP contribution in [0.2, 0.25) is 0 Å². The molecule has 2 aliphatic rings. The second-order valence-corrected chi connectivity index (χ2v) is 10.3. The summed E-state index contributed by atoms with van der Waals surface area (Å²) in [7, 11) is 2.15. The van der Waals surface area contributed by atoms with Crippen molar-refractivity contribution in [1.82, 2.24) is 24.8 Å². The fourth-order valence-corrected chi connectivity index (χ4v) is 5.44. The molecule has 2 N–H and O–H groups in total. The molecule has 1 saturated heterocycles. The van der Waals surface area contributed by atoms with Gasteiger partial charge in [0, 0.05) is 62.2 Å². The third kappa shape index (κ3) is 4.97. The summed E-state index contributed by atoms with van der Waals surface area (Å²) in [5, 5.41) is 6.34. The van der Waals surface area contributed by atoms with Gasteiger partial charge < -0.3 is 25.0 Å². The Hall–Kier alpha value is -4.24. The highest BCUT2D eigenvalue weighted by Gasteiger charge is 2.20. The number of piperazine rings is 1. The largest absolute Gasteiger partial charge is 0.369 e. The minimum atomic E-state index is -0.401. The van der Waals surface area contributed by atoms with Gasteiger partial charge in [-0.3, -0.25) is 9.59 Å². The number of amides is 1. The van der Waals surface area contributed by atoms with Gasteiger partial charge in [0.2, 0.25) is 11.4 Å². The maximum Gasteiger partial charge on any atom is 0.256 e. The first kappa shape index (κ1) is 25.1. The maximum absolute atomic E-state index is 13.3. The number of aromatic nitrogens is 3. The zero-order chi connectivity index (χ0) is 26.9. The molecule has 9 heteroatoms. The summed E-state index contributed by atoms with van der Waals surface area (Å²) in [6.45, 7) is 6.39. The van der Waals surface area contributed by atoms with Gasteiger partial charge in [-0.15, -0.1) is 0 Å². The van der Waals surface area contributed by atoms with Crippen molar-refractivity contribution in [3.63, 3.8) is 0 Å². The number of rotatable bonds is 6. The van der Waals surface area contributed by atoms with E-state index < -0.39 is 5.91 Å². The van der Waals surface area contributed by atoms with Gasteiger partial charge in [-0.25, -0.2) is 4.98 Å². The van der Waals surface area contributed by atoms with Crippen LogP contribution in [0.5, 0.6) is 0 Å². The predicted molar refractivity (Wildman–Crippen MR) is 155 cm³/mol. The van der Waals surface area contributed by atoms with Crippen molar-refractivity contribution in [1.29, 1.82) is 0 Å². The molecule has 6 rings (SSSR count). The van der Waals surface area contributed by atoms with Crippen molar-refractivity contribution in [2.45, 2.75) is 26.2 Å². The average molecular weight is 524 g/mol. The van der Waals surface area contributed by atoms with Gasteiger partial charge in [-0.05, 0) is 80.8 Å². The van der Waals surface area contributed by atoms with Gasteiger partial charge in [-0.2, -0.15) is 4.98 Å². The molecule has 1 aliphatic heterocycles. The lowest BCUT2D eigenvalue weighted by atomic mass is 10.1. The topological polar surface area (TPSA) is 95.4 Å². The highest BCUT2D eigenvalue weighted by atomic mass is 16.2. The number of pyridine rings is 1. The lowest BCUT2D eigenvalue weighted by Crippen LogP contribution is -2.44. The Balaban J connectivity index is 1.36. The van der Waals surface area contributed by atoms with Gasteiger partial charge in [0.25, 0.3) is 5.91 Å². The van der Waals surface area contributed by atoms with E-state index in [-0.39, 0.29) is 11.0 Å². The summed E-state index contributed by atoms with van der Waals surface area (Å²) in [5.74, 6) is -0.0168. The van der Waals surface area contributed by atoms with Crippen molar-refractivity contribution < 1.29 is 4.79 Å². The number of benzene rings is 2. The molecule has 9 nitrogen and oxygen atoms in total. The summed E-state index contributed by atoms with van der Waals surface area (Å²) in [4.78, 5) is 40.0. The molecule has 1 fully saturated rings. The third-order valence-corrected chi connectivity index (χ3v) is 7.68. The highest BCUT2D eigenvalue weighted by molar-refractivity contribution is 5.97. The lowest BCUT2D eigenvalue weighted by Gasteiger charge is -2.34. The van der Waals surface area contributed by atoms with Crippen LogP contribution < -0.4 is 21.0 Å². The number of aryl methyl sites for hydroxylation is 2. The molecule has 0 radical (unpaired) electrons. The van der Waals surface area contributed by atoms with Gasteiger partial charge in [-0.1, -0.05) is 6.07 Å². The summed E-state index contributed by atoms with van der Waals surface area (Å²) < 4.78 is 1.84. The molecule has 4 aromatic rings. The van der Waals surface area contributed by atoms with E-state index in [1.54, 1.807) is 6.20 Å². The molecule has 200 valence electrons. The second-order valence-electron chi connectivity index (χ2n) is 10.3. The molecule has 1 amide bonds. The Kier molecular flexibility index (Phi) is 6.74. The standard InChI is InChI=1S/C30H33N7O2/c1-3-31-29(39)26-19-37(24-10-7-20-5-4-6-21(20)17-24)28-25(27(26)38)18-32-30(34-28)33-22-8-11-23(12-9-22)36-15-13-35(2)14-16-36/h7-12,17-19H,3-6,13-16H2,1-2H3,(H,31,39)(H,32,33,34). The summed E-state index contributed by atoms with van der Waals surface area (Å²) in [6, 6.07) is 14.6. The molecule has 2 aromatic heterocycles. The summed E-state index contributed by atoms with van der Waals surface area (Å²) in [5.41, 5.74) is 5.72. The Bertz CT molecular complexity index is 1590. The van der Waals surface area contributed by atoms with E-state index in [2.05, 4.69) is 56.7 Å². The minimum Gasteiger partial charge on any atom is -0.369 e. The molecular formula is C30H33N7O2. The van der Waals surface area contributed by atoms with Gasteiger partial charge in [0.05, 0.1) is 5.39 Å². The van der Waals surface area contributed by atoms with Crippen LogP contribution in [0.1, 0.15) is 34.8 Å². The Morgan fingerprint density at radius 3 is 2.49 bits per heavy atom. The molecule has 0 saturated carbocycles. The normalized spacial score (nSPS) is 15.4. The maximum atomic E-state index is 13.3. The molecule has 39 heavy (non-hydrogen) atoms. The molecule has 1 aliphatic carbocycles. The summed E-state index contributed by atoms with van der Waals surface area (Å²) >= 11 is 0. The number of nitrogens with one attached hydrogen (secondary N) is 2. The van der Waals surface area contributed by atoms with Crippen molar-refractivity contribution in [2.24, 2.45) is 0 Å². The van der Waals surface area contributed by atoms with Crippen LogP contribution in [0, 0.1) is 0 Å². The molecule has 0 atom stereocenters. The zero-order valence-corrected chi connectivity index (χ0v) is 22.4. The molecule has 2 aromatic carbocycles. The van der Waals surface area contributed by atoms with E-state index in [1.165, 1.54) is 23.0 Å². The Labute approximate surface area is 227 Å². The fourth-order valence-electron chi connectivity index (χ4n) is 5.44. The molecule has 0 spiro atoms. The lowest BCUT2D eigenvalue weighted by molar-refractivity contribution is 0.0954. The number of carbonyl (C=O) groups is 1. The number of fused-ring (bicyclic) bond motifs is 2. The number of nitrogens with zero attached hydrogens (tertiary/aromatic N) is 5. The number of anilines is 3. The van der Waals surface area contributed by atoms with Crippen molar-refractivity contribution in [3.8, 4) is 5.69 Å².